The molecule has 1 nitrogen and oxygen atoms in total. The first-order valence-electron chi connectivity index (χ1n) is 6.08. The van der Waals surface area contributed by atoms with Gasteiger partial charge in [-0.3, -0.25) is 0 Å². The van der Waals surface area contributed by atoms with Gasteiger partial charge in [-0.2, -0.15) is 0 Å². The molecule has 0 atom stereocenters. The number of hydrogen-bond donors (Lipinski definition) is 1. The number of thiophene rings is 1. The standard InChI is InChI=1S/C16H14OS/c1-2-11-3-5-12(6-4-11)15-9-13-7-8-14(17)10-16(13)18-15/h3-10,17H,2H2,1H3. The molecule has 3 rings (SSSR count). The van der Waals surface area contributed by atoms with E-state index in [0.717, 1.165) is 11.1 Å². The normalized spacial score (nSPS) is 10.9. The Hall–Kier alpha value is -1.80. The van der Waals surface area contributed by atoms with Crippen LogP contribution in [-0.4, -0.2) is 5.11 Å². The van der Waals surface area contributed by atoms with Crippen LogP contribution in [0.1, 0.15) is 12.5 Å². The van der Waals surface area contributed by atoms with Crippen molar-refractivity contribution in [2.24, 2.45) is 0 Å². The predicted octanol–water partition coefficient (Wildman–Crippen LogP) is 4.84. The smallest absolute Gasteiger partial charge is 0.117 e. The number of aromatic hydroxyl groups is 1. The van der Waals surface area contributed by atoms with Crippen LogP contribution in [0.3, 0.4) is 0 Å². The molecular weight excluding hydrogens is 240 g/mol. The van der Waals surface area contributed by atoms with Gasteiger partial charge in [0.15, 0.2) is 0 Å². The first kappa shape index (κ1) is 11.3. The first-order chi connectivity index (χ1) is 8.76. The molecule has 3 aromatic rings. The number of rotatable bonds is 2. The third-order valence-corrected chi connectivity index (χ3v) is 4.30. The maximum Gasteiger partial charge on any atom is 0.117 e. The van der Waals surface area contributed by atoms with E-state index in [1.54, 1.807) is 17.4 Å². The van der Waals surface area contributed by atoms with Crippen molar-refractivity contribution in [1.82, 2.24) is 0 Å². The summed E-state index contributed by atoms with van der Waals surface area (Å²) < 4.78 is 1.13. The zero-order chi connectivity index (χ0) is 12.5. The third kappa shape index (κ3) is 2.00. The number of phenols is 1. The SMILES string of the molecule is CCc1ccc(-c2cc3ccc(O)cc3s2)cc1. The van der Waals surface area contributed by atoms with Crippen LogP contribution in [0.2, 0.25) is 0 Å². The van der Waals surface area contributed by atoms with Crippen molar-refractivity contribution in [2.75, 3.05) is 0 Å². The number of hydrogen-bond acceptors (Lipinski definition) is 2. The lowest BCUT2D eigenvalue weighted by Gasteiger charge is -1.99. The summed E-state index contributed by atoms with van der Waals surface area (Å²) in [6, 6.07) is 16.4. The number of benzene rings is 2. The summed E-state index contributed by atoms with van der Waals surface area (Å²) in [6.07, 6.45) is 1.07. The summed E-state index contributed by atoms with van der Waals surface area (Å²) in [4.78, 5) is 1.25. The van der Waals surface area contributed by atoms with Crippen molar-refractivity contribution in [3.05, 3.63) is 54.1 Å². The van der Waals surface area contributed by atoms with Gasteiger partial charge in [0.05, 0.1) is 0 Å². The highest BCUT2D eigenvalue weighted by Gasteiger charge is 2.04. The van der Waals surface area contributed by atoms with Crippen LogP contribution < -0.4 is 0 Å². The van der Waals surface area contributed by atoms with Crippen molar-refractivity contribution in [3.63, 3.8) is 0 Å². The second-order valence-corrected chi connectivity index (χ2v) is 5.47. The fourth-order valence-corrected chi connectivity index (χ4v) is 3.17. The minimum Gasteiger partial charge on any atom is -0.508 e. The molecule has 1 aromatic heterocycles. The molecule has 0 radical (unpaired) electrons. The van der Waals surface area contributed by atoms with Gasteiger partial charge in [-0.1, -0.05) is 31.2 Å². The number of aryl methyl sites for hydroxylation is 1. The van der Waals surface area contributed by atoms with Gasteiger partial charge in [-0.25, -0.2) is 0 Å². The number of phenolic OH excluding ortho intramolecular Hbond substituents is 1. The van der Waals surface area contributed by atoms with Gasteiger partial charge >= 0.3 is 0 Å². The highest BCUT2D eigenvalue weighted by molar-refractivity contribution is 7.22. The average molecular weight is 254 g/mol. The lowest BCUT2D eigenvalue weighted by Crippen LogP contribution is -1.78. The van der Waals surface area contributed by atoms with Crippen LogP contribution >= 0.6 is 11.3 Å². The molecule has 0 aliphatic rings. The summed E-state index contributed by atoms with van der Waals surface area (Å²) in [5, 5.41) is 10.7. The maximum atomic E-state index is 9.49. The van der Waals surface area contributed by atoms with E-state index in [9.17, 15) is 5.11 Å². The fourth-order valence-electron chi connectivity index (χ4n) is 2.07. The Kier molecular flexibility index (Phi) is 2.80. The van der Waals surface area contributed by atoms with Crippen molar-refractivity contribution in [1.29, 1.82) is 0 Å². The monoisotopic (exact) mass is 254 g/mol. The molecule has 0 bridgehead atoms. The van der Waals surface area contributed by atoms with E-state index in [2.05, 4.69) is 37.3 Å². The summed E-state index contributed by atoms with van der Waals surface area (Å²) in [7, 11) is 0. The van der Waals surface area contributed by atoms with Gasteiger partial charge in [0.1, 0.15) is 5.75 Å². The molecule has 1 heterocycles. The Bertz CT molecular complexity index is 680. The molecule has 2 aromatic carbocycles. The summed E-state index contributed by atoms with van der Waals surface area (Å²) in [5.74, 6) is 0.331. The zero-order valence-electron chi connectivity index (χ0n) is 10.2. The van der Waals surface area contributed by atoms with Gasteiger partial charge in [0, 0.05) is 9.58 Å². The highest BCUT2D eigenvalue weighted by atomic mass is 32.1. The fraction of sp³-hybridized carbons (Fsp3) is 0.125. The zero-order valence-corrected chi connectivity index (χ0v) is 11.0. The van der Waals surface area contributed by atoms with Crippen molar-refractivity contribution in [2.45, 2.75) is 13.3 Å². The van der Waals surface area contributed by atoms with Crippen LogP contribution in [-0.2, 0) is 6.42 Å². The van der Waals surface area contributed by atoms with E-state index in [1.165, 1.54) is 21.4 Å². The third-order valence-electron chi connectivity index (χ3n) is 3.15. The Balaban J connectivity index is 2.07. The molecular formula is C16H14OS. The topological polar surface area (TPSA) is 20.2 Å². The van der Waals surface area contributed by atoms with Crippen LogP contribution in [0.4, 0.5) is 0 Å². The van der Waals surface area contributed by atoms with Crippen molar-refractivity contribution < 1.29 is 5.11 Å². The lowest BCUT2D eigenvalue weighted by atomic mass is 10.1. The van der Waals surface area contributed by atoms with Crippen LogP contribution in [0.5, 0.6) is 5.75 Å². The molecule has 0 aliphatic carbocycles. The lowest BCUT2D eigenvalue weighted by molar-refractivity contribution is 0.476. The minimum atomic E-state index is 0.331. The second-order valence-electron chi connectivity index (χ2n) is 4.38. The van der Waals surface area contributed by atoms with Gasteiger partial charge in [0.2, 0.25) is 0 Å². The Morgan fingerprint density at radius 1 is 1.00 bits per heavy atom. The van der Waals surface area contributed by atoms with Crippen LogP contribution in [0.25, 0.3) is 20.5 Å². The molecule has 90 valence electrons. The predicted molar refractivity (Wildman–Crippen MR) is 78.3 cm³/mol. The van der Waals surface area contributed by atoms with Crippen molar-refractivity contribution in [3.8, 4) is 16.2 Å². The largest absolute Gasteiger partial charge is 0.508 e. The summed E-state index contributed by atoms with van der Waals surface area (Å²) in [6.45, 7) is 2.16. The van der Waals surface area contributed by atoms with Crippen LogP contribution in [0.15, 0.2) is 48.5 Å². The second kappa shape index (κ2) is 4.46. The van der Waals surface area contributed by atoms with E-state index in [-0.39, 0.29) is 0 Å². The van der Waals surface area contributed by atoms with Gasteiger partial charge in [-0.05, 0) is 47.2 Å². The maximum absolute atomic E-state index is 9.49. The summed E-state index contributed by atoms with van der Waals surface area (Å²) in [5.41, 5.74) is 2.60. The Morgan fingerprint density at radius 3 is 2.50 bits per heavy atom. The Labute approximate surface area is 110 Å². The van der Waals surface area contributed by atoms with E-state index in [4.69, 9.17) is 0 Å². The quantitative estimate of drug-likeness (QED) is 0.694. The van der Waals surface area contributed by atoms with Gasteiger partial charge in [0.25, 0.3) is 0 Å². The molecule has 0 saturated heterocycles. The van der Waals surface area contributed by atoms with E-state index >= 15 is 0 Å². The molecule has 0 unspecified atom stereocenters. The first-order valence-corrected chi connectivity index (χ1v) is 6.90. The Morgan fingerprint density at radius 2 is 1.78 bits per heavy atom. The summed E-state index contributed by atoms with van der Waals surface area (Å²) >= 11 is 1.72. The minimum absolute atomic E-state index is 0.331. The average Bonchev–Trinajstić information content (AvgIpc) is 2.81. The van der Waals surface area contributed by atoms with Gasteiger partial charge in [-0.15, -0.1) is 11.3 Å². The van der Waals surface area contributed by atoms with Gasteiger partial charge < -0.3 is 5.11 Å². The van der Waals surface area contributed by atoms with E-state index in [1.807, 2.05) is 12.1 Å². The molecule has 0 aliphatic heterocycles. The van der Waals surface area contributed by atoms with E-state index in [0.29, 0.717) is 5.75 Å². The molecule has 0 amide bonds. The van der Waals surface area contributed by atoms with E-state index < -0.39 is 0 Å². The molecule has 0 saturated carbocycles. The molecule has 2 heteroatoms. The molecule has 1 N–H and O–H groups in total. The number of fused-ring (bicyclic) bond motifs is 1. The highest BCUT2D eigenvalue weighted by Crippen LogP contribution is 2.35. The molecule has 0 spiro atoms. The molecule has 0 fully saturated rings. The van der Waals surface area contributed by atoms with Crippen molar-refractivity contribution >= 4 is 21.4 Å². The van der Waals surface area contributed by atoms with Crippen LogP contribution in [0, 0.1) is 0 Å². The molecule has 18 heavy (non-hydrogen) atoms.